The number of hydrogen-bond donors (Lipinski definition) is 1. The van der Waals surface area contributed by atoms with E-state index in [0.29, 0.717) is 5.56 Å². The van der Waals surface area contributed by atoms with E-state index in [1.807, 2.05) is 48.5 Å². The summed E-state index contributed by atoms with van der Waals surface area (Å²) in [5, 5.41) is 0. The smallest absolute Gasteiger partial charge is 0.249 e. The number of hydrogen-bond acceptors (Lipinski definition) is 2. The van der Waals surface area contributed by atoms with Crippen molar-refractivity contribution >= 4 is 11.5 Å². The van der Waals surface area contributed by atoms with E-state index >= 15 is 0 Å². The highest BCUT2D eigenvalue weighted by molar-refractivity contribution is 6.06. The van der Waals surface area contributed by atoms with Gasteiger partial charge >= 0.3 is 0 Å². The molecule has 0 aromatic heterocycles. The Kier molecular flexibility index (Phi) is 6.37. The quantitative estimate of drug-likeness (QED) is 0.374. The fourth-order valence-electron chi connectivity index (χ4n) is 4.74. The van der Waals surface area contributed by atoms with Gasteiger partial charge < -0.3 is 5.73 Å². The minimum Gasteiger partial charge on any atom is -0.366 e. The SMILES string of the molecule is NC(=O)c1c(-c2ccccc2)cccc1-c1ccc(C2=CCN(Cc3ccccc3)CC2)cc1. The van der Waals surface area contributed by atoms with Gasteiger partial charge in [-0.25, -0.2) is 0 Å². The Balaban J connectivity index is 1.37. The number of amides is 1. The van der Waals surface area contributed by atoms with Crippen molar-refractivity contribution in [3.63, 3.8) is 0 Å². The van der Waals surface area contributed by atoms with Crippen molar-refractivity contribution in [1.29, 1.82) is 0 Å². The Bertz CT molecular complexity index is 1310. The first-order chi connectivity index (χ1) is 16.7. The molecule has 34 heavy (non-hydrogen) atoms. The van der Waals surface area contributed by atoms with Crippen LogP contribution in [-0.4, -0.2) is 23.9 Å². The third-order valence-corrected chi connectivity index (χ3v) is 6.50. The predicted molar refractivity (Wildman–Crippen MR) is 140 cm³/mol. The zero-order valence-corrected chi connectivity index (χ0v) is 19.2. The fraction of sp³-hybridized carbons (Fsp3) is 0.129. The minimum absolute atomic E-state index is 0.410. The first-order valence-corrected chi connectivity index (χ1v) is 11.7. The number of benzene rings is 4. The molecule has 0 fully saturated rings. The van der Waals surface area contributed by atoms with Crippen LogP contribution in [0.5, 0.6) is 0 Å². The lowest BCUT2D eigenvalue weighted by molar-refractivity contribution is 0.100. The zero-order chi connectivity index (χ0) is 23.3. The van der Waals surface area contributed by atoms with Crippen molar-refractivity contribution in [2.75, 3.05) is 13.1 Å². The summed E-state index contributed by atoms with van der Waals surface area (Å²) >= 11 is 0. The summed E-state index contributed by atoms with van der Waals surface area (Å²) in [6.45, 7) is 2.99. The van der Waals surface area contributed by atoms with Gasteiger partial charge in [0.2, 0.25) is 5.91 Å². The van der Waals surface area contributed by atoms with Crippen LogP contribution >= 0.6 is 0 Å². The summed E-state index contributed by atoms with van der Waals surface area (Å²) in [6, 6.07) is 35.0. The summed E-state index contributed by atoms with van der Waals surface area (Å²) in [6.07, 6.45) is 3.37. The zero-order valence-electron chi connectivity index (χ0n) is 19.2. The molecule has 4 aromatic rings. The molecule has 0 saturated carbocycles. The van der Waals surface area contributed by atoms with E-state index in [1.54, 1.807) is 0 Å². The van der Waals surface area contributed by atoms with Crippen molar-refractivity contribution < 1.29 is 4.79 Å². The second-order valence-electron chi connectivity index (χ2n) is 8.74. The summed E-state index contributed by atoms with van der Waals surface area (Å²) in [5.74, 6) is -0.410. The molecule has 3 nitrogen and oxygen atoms in total. The van der Waals surface area contributed by atoms with Gasteiger partial charge in [-0.15, -0.1) is 0 Å². The van der Waals surface area contributed by atoms with Crippen LogP contribution in [0.1, 0.15) is 27.9 Å². The van der Waals surface area contributed by atoms with E-state index in [9.17, 15) is 4.79 Å². The van der Waals surface area contributed by atoms with Crippen molar-refractivity contribution in [2.24, 2.45) is 5.73 Å². The molecule has 0 radical (unpaired) electrons. The molecule has 5 rings (SSSR count). The molecule has 2 N–H and O–H groups in total. The van der Waals surface area contributed by atoms with Crippen molar-refractivity contribution in [2.45, 2.75) is 13.0 Å². The Labute approximate surface area is 201 Å². The monoisotopic (exact) mass is 444 g/mol. The molecule has 1 aliphatic heterocycles. The van der Waals surface area contributed by atoms with E-state index in [-0.39, 0.29) is 0 Å². The molecule has 0 bridgehead atoms. The third-order valence-electron chi connectivity index (χ3n) is 6.50. The maximum atomic E-state index is 12.5. The fourth-order valence-corrected chi connectivity index (χ4v) is 4.74. The van der Waals surface area contributed by atoms with Crippen LogP contribution in [0.25, 0.3) is 27.8 Å². The van der Waals surface area contributed by atoms with Crippen LogP contribution in [0.3, 0.4) is 0 Å². The Morgan fingerprint density at radius 3 is 1.88 bits per heavy atom. The van der Waals surface area contributed by atoms with Gasteiger partial charge in [-0.2, -0.15) is 0 Å². The van der Waals surface area contributed by atoms with Gasteiger partial charge in [0.25, 0.3) is 0 Å². The van der Waals surface area contributed by atoms with Gasteiger partial charge in [0.15, 0.2) is 0 Å². The van der Waals surface area contributed by atoms with Crippen LogP contribution in [0.4, 0.5) is 0 Å². The van der Waals surface area contributed by atoms with E-state index in [2.05, 4.69) is 65.6 Å². The molecule has 0 atom stereocenters. The molecule has 0 aliphatic carbocycles. The number of nitrogens with zero attached hydrogens (tertiary/aromatic N) is 1. The Hall–Kier alpha value is -3.95. The van der Waals surface area contributed by atoms with Crippen molar-refractivity contribution in [3.8, 4) is 22.3 Å². The normalized spacial score (nSPS) is 13.9. The lowest BCUT2D eigenvalue weighted by atomic mass is 9.90. The Morgan fingerprint density at radius 2 is 1.29 bits per heavy atom. The standard InChI is InChI=1S/C31H28N2O/c32-31(34)30-28(26-10-5-2-6-11-26)12-7-13-29(30)27-16-14-24(15-17-27)25-18-20-33(21-19-25)22-23-8-3-1-4-9-23/h1-18H,19-22H2,(H2,32,34). The van der Waals surface area contributed by atoms with Gasteiger partial charge in [0.1, 0.15) is 0 Å². The summed E-state index contributed by atoms with van der Waals surface area (Å²) in [5.41, 5.74) is 14.1. The molecule has 0 saturated heterocycles. The van der Waals surface area contributed by atoms with Gasteiger partial charge in [-0.05, 0) is 45.4 Å². The van der Waals surface area contributed by atoms with Crippen molar-refractivity contribution in [1.82, 2.24) is 4.90 Å². The van der Waals surface area contributed by atoms with Crippen LogP contribution in [0.15, 0.2) is 109 Å². The van der Waals surface area contributed by atoms with Crippen LogP contribution in [0.2, 0.25) is 0 Å². The molecule has 168 valence electrons. The van der Waals surface area contributed by atoms with Gasteiger partial charge in [-0.1, -0.05) is 109 Å². The van der Waals surface area contributed by atoms with Gasteiger partial charge in [0.05, 0.1) is 5.56 Å². The lowest BCUT2D eigenvalue weighted by Gasteiger charge is -2.26. The van der Waals surface area contributed by atoms with Gasteiger partial charge in [0, 0.05) is 19.6 Å². The van der Waals surface area contributed by atoms with Crippen LogP contribution in [-0.2, 0) is 6.54 Å². The largest absolute Gasteiger partial charge is 0.366 e. The molecular weight excluding hydrogens is 416 g/mol. The minimum atomic E-state index is -0.410. The maximum absolute atomic E-state index is 12.5. The number of carbonyl (C=O) groups is 1. The van der Waals surface area contributed by atoms with E-state index in [4.69, 9.17) is 5.73 Å². The van der Waals surface area contributed by atoms with E-state index in [0.717, 1.165) is 48.3 Å². The third kappa shape index (κ3) is 4.70. The summed E-state index contributed by atoms with van der Waals surface area (Å²) in [4.78, 5) is 14.9. The van der Waals surface area contributed by atoms with E-state index in [1.165, 1.54) is 16.7 Å². The molecule has 4 aromatic carbocycles. The Morgan fingerprint density at radius 1 is 0.706 bits per heavy atom. The number of rotatable bonds is 6. The predicted octanol–water partition coefficient (Wildman–Crippen LogP) is 6.41. The highest BCUT2D eigenvalue weighted by Crippen LogP contribution is 2.33. The topological polar surface area (TPSA) is 46.3 Å². The van der Waals surface area contributed by atoms with Crippen LogP contribution in [0, 0.1) is 0 Å². The first-order valence-electron chi connectivity index (χ1n) is 11.7. The van der Waals surface area contributed by atoms with Crippen LogP contribution < -0.4 is 5.73 Å². The molecule has 3 heteroatoms. The average molecular weight is 445 g/mol. The summed E-state index contributed by atoms with van der Waals surface area (Å²) in [7, 11) is 0. The lowest BCUT2D eigenvalue weighted by Crippen LogP contribution is -2.27. The summed E-state index contributed by atoms with van der Waals surface area (Å²) < 4.78 is 0. The second kappa shape index (κ2) is 9.90. The van der Waals surface area contributed by atoms with E-state index < -0.39 is 5.91 Å². The molecule has 1 amide bonds. The van der Waals surface area contributed by atoms with Crippen molar-refractivity contribution in [3.05, 3.63) is 126 Å². The molecule has 1 aliphatic rings. The molecule has 0 unspecified atom stereocenters. The highest BCUT2D eigenvalue weighted by Gasteiger charge is 2.17. The number of nitrogens with two attached hydrogens (primary N) is 1. The number of carbonyl (C=O) groups excluding carboxylic acids is 1. The number of primary amides is 1. The molecule has 1 heterocycles. The average Bonchev–Trinajstić information content (AvgIpc) is 2.90. The first kappa shape index (κ1) is 21.9. The second-order valence-corrected chi connectivity index (χ2v) is 8.74. The maximum Gasteiger partial charge on any atom is 0.249 e. The van der Waals surface area contributed by atoms with Gasteiger partial charge in [-0.3, -0.25) is 9.69 Å². The molecular formula is C31H28N2O. The molecule has 0 spiro atoms. The highest BCUT2D eigenvalue weighted by atomic mass is 16.1.